The third-order valence-electron chi connectivity index (χ3n) is 4.54. The van der Waals surface area contributed by atoms with Gasteiger partial charge in [-0.25, -0.2) is 4.57 Å². The highest BCUT2D eigenvalue weighted by Gasteiger charge is 2.18. The lowest BCUT2D eigenvalue weighted by Crippen LogP contribution is -1.96. The van der Waals surface area contributed by atoms with E-state index in [1.165, 1.54) is 89.9 Å². The Balaban J connectivity index is 3.11. The van der Waals surface area contributed by atoms with Gasteiger partial charge in [-0.2, -0.15) is 0 Å². The highest BCUT2D eigenvalue weighted by atomic mass is 31.2. The first kappa shape index (κ1) is 25.1. The van der Waals surface area contributed by atoms with Crippen LogP contribution in [-0.2, 0) is 13.6 Å². The van der Waals surface area contributed by atoms with Gasteiger partial charge in [-0.3, -0.25) is 9.05 Å². The zero-order chi connectivity index (χ0) is 18.6. The van der Waals surface area contributed by atoms with Crippen LogP contribution in [0.4, 0.5) is 0 Å². The Labute approximate surface area is 156 Å². The van der Waals surface area contributed by atoms with Crippen LogP contribution in [0.1, 0.15) is 117 Å². The molecule has 0 aromatic heterocycles. The van der Waals surface area contributed by atoms with E-state index < -0.39 is 7.82 Å². The summed E-state index contributed by atoms with van der Waals surface area (Å²) in [6, 6.07) is 0. The minimum Gasteiger partial charge on any atom is -0.302 e. The van der Waals surface area contributed by atoms with Crippen molar-refractivity contribution in [3.63, 3.8) is 0 Å². The Morgan fingerprint density at radius 3 is 1.32 bits per heavy atom. The second kappa shape index (κ2) is 18.9. The van der Waals surface area contributed by atoms with Gasteiger partial charge in [0.05, 0.1) is 13.2 Å². The second-order valence-electron chi connectivity index (χ2n) is 7.02. The Kier molecular flexibility index (Phi) is 19.0. The molecule has 1 unspecified atom stereocenters. The van der Waals surface area contributed by atoms with Gasteiger partial charge in [-0.1, -0.05) is 103 Å². The summed E-state index contributed by atoms with van der Waals surface area (Å²) >= 11 is 0. The molecule has 0 rings (SSSR count). The number of hydrogen-bond acceptors (Lipinski definition) is 3. The first-order valence-electron chi connectivity index (χ1n) is 10.7. The summed E-state index contributed by atoms with van der Waals surface area (Å²) < 4.78 is 20.8. The SMILES string of the molecule is CCCCCCCCCCCCCCCCCCOP(=O)(O)OCC. The first-order chi connectivity index (χ1) is 12.1. The summed E-state index contributed by atoms with van der Waals surface area (Å²) in [7, 11) is -3.78. The van der Waals surface area contributed by atoms with E-state index in [0.29, 0.717) is 6.61 Å². The highest BCUT2D eigenvalue weighted by molar-refractivity contribution is 7.47. The topological polar surface area (TPSA) is 55.8 Å². The quantitative estimate of drug-likeness (QED) is 0.177. The van der Waals surface area contributed by atoms with Crippen molar-refractivity contribution < 1.29 is 18.5 Å². The van der Waals surface area contributed by atoms with Gasteiger partial charge in [0, 0.05) is 0 Å². The molecule has 0 spiro atoms. The van der Waals surface area contributed by atoms with E-state index in [1.807, 2.05) is 0 Å². The van der Waals surface area contributed by atoms with Gasteiger partial charge in [-0.15, -0.1) is 0 Å². The van der Waals surface area contributed by atoms with Crippen molar-refractivity contribution in [3.8, 4) is 0 Å². The van der Waals surface area contributed by atoms with Gasteiger partial charge in [0.2, 0.25) is 0 Å². The fraction of sp³-hybridized carbons (Fsp3) is 1.00. The largest absolute Gasteiger partial charge is 0.472 e. The van der Waals surface area contributed by atoms with Crippen LogP contribution in [0.3, 0.4) is 0 Å². The lowest BCUT2D eigenvalue weighted by molar-refractivity contribution is 0.153. The van der Waals surface area contributed by atoms with Crippen LogP contribution in [0, 0.1) is 0 Å². The van der Waals surface area contributed by atoms with E-state index in [-0.39, 0.29) is 6.61 Å². The molecular formula is C20H43O4P. The van der Waals surface area contributed by atoms with Crippen LogP contribution < -0.4 is 0 Å². The predicted molar refractivity (Wildman–Crippen MR) is 107 cm³/mol. The summed E-state index contributed by atoms with van der Waals surface area (Å²) in [6.45, 7) is 4.47. The Bertz CT molecular complexity index is 310. The van der Waals surface area contributed by atoms with Gasteiger partial charge < -0.3 is 4.89 Å². The average Bonchev–Trinajstić information content (AvgIpc) is 2.57. The lowest BCUT2D eigenvalue weighted by atomic mass is 10.0. The van der Waals surface area contributed by atoms with E-state index in [9.17, 15) is 9.46 Å². The molecule has 0 aromatic carbocycles. The molecule has 152 valence electrons. The molecule has 0 aromatic rings. The molecule has 0 aliphatic heterocycles. The average molecular weight is 379 g/mol. The molecule has 0 heterocycles. The smallest absolute Gasteiger partial charge is 0.302 e. The Hall–Kier alpha value is 0.110. The maximum Gasteiger partial charge on any atom is 0.472 e. The molecule has 1 N–H and O–H groups in total. The molecule has 0 saturated carbocycles. The first-order valence-corrected chi connectivity index (χ1v) is 12.2. The van der Waals surface area contributed by atoms with E-state index in [0.717, 1.165) is 12.8 Å². The molecule has 0 radical (unpaired) electrons. The molecular weight excluding hydrogens is 335 g/mol. The van der Waals surface area contributed by atoms with Crippen molar-refractivity contribution in [3.05, 3.63) is 0 Å². The van der Waals surface area contributed by atoms with Gasteiger partial charge in [0.25, 0.3) is 0 Å². The van der Waals surface area contributed by atoms with E-state index >= 15 is 0 Å². The second-order valence-corrected chi connectivity index (χ2v) is 8.48. The zero-order valence-electron chi connectivity index (χ0n) is 16.8. The zero-order valence-corrected chi connectivity index (χ0v) is 17.7. The monoisotopic (exact) mass is 378 g/mol. The van der Waals surface area contributed by atoms with Crippen LogP contribution in [-0.4, -0.2) is 18.1 Å². The highest BCUT2D eigenvalue weighted by Crippen LogP contribution is 2.42. The molecule has 0 saturated heterocycles. The standard InChI is InChI=1S/C20H43O4P/c1-3-5-6-7-8-9-10-11-12-13-14-15-16-17-18-19-20-24-25(21,22)23-4-2/h3-20H2,1-2H3,(H,21,22). The molecule has 0 amide bonds. The summed E-state index contributed by atoms with van der Waals surface area (Å²) in [4.78, 5) is 9.25. The van der Waals surface area contributed by atoms with Gasteiger partial charge in [-0.05, 0) is 13.3 Å². The van der Waals surface area contributed by atoms with Crippen molar-refractivity contribution >= 4 is 7.82 Å². The van der Waals surface area contributed by atoms with Gasteiger partial charge in [0.1, 0.15) is 0 Å². The van der Waals surface area contributed by atoms with Crippen molar-refractivity contribution in [2.24, 2.45) is 0 Å². The van der Waals surface area contributed by atoms with Crippen LogP contribution in [0.25, 0.3) is 0 Å². The third-order valence-corrected chi connectivity index (χ3v) is 5.64. The molecule has 0 bridgehead atoms. The van der Waals surface area contributed by atoms with Crippen LogP contribution in [0.5, 0.6) is 0 Å². The Morgan fingerprint density at radius 2 is 0.960 bits per heavy atom. The van der Waals surface area contributed by atoms with Crippen molar-refractivity contribution in [1.82, 2.24) is 0 Å². The Morgan fingerprint density at radius 1 is 0.600 bits per heavy atom. The maximum atomic E-state index is 11.3. The number of unbranched alkanes of at least 4 members (excludes halogenated alkanes) is 15. The molecule has 0 fully saturated rings. The molecule has 1 atom stereocenters. The predicted octanol–water partition coefficient (Wildman–Crippen LogP) is 7.40. The summed E-state index contributed by atoms with van der Waals surface area (Å²) in [6.07, 6.45) is 21.1. The fourth-order valence-corrected chi connectivity index (χ4v) is 3.79. The summed E-state index contributed by atoms with van der Waals surface area (Å²) in [5.74, 6) is 0. The fourth-order valence-electron chi connectivity index (χ4n) is 3.03. The van der Waals surface area contributed by atoms with Crippen LogP contribution >= 0.6 is 7.82 Å². The van der Waals surface area contributed by atoms with Crippen molar-refractivity contribution in [2.45, 2.75) is 117 Å². The minimum atomic E-state index is -3.78. The van der Waals surface area contributed by atoms with Crippen molar-refractivity contribution in [2.75, 3.05) is 13.2 Å². The summed E-state index contributed by atoms with van der Waals surface area (Å²) in [5.41, 5.74) is 0. The molecule has 5 heteroatoms. The van der Waals surface area contributed by atoms with E-state index in [1.54, 1.807) is 6.92 Å². The third kappa shape index (κ3) is 20.3. The van der Waals surface area contributed by atoms with Crippen LogP contribution in [0.15, 0.2) is 0 Å². The number of phosphoric acid groups is 1. The number of rotatable bonds is 20. The van der Waals surface area contributed by atoms with E-state index in [2.05, 4.69) is 11.4 Å². The maximum absolute atomic E-state index is 11.3. The van der Waals surface area contributed by atoms with Crippen LogP contribution in [0.2, 0.25) is 0 Å². The van der Waals surface area contributed by atoms with Crippen molar-refractivity contribution in [1.29, 1.82) is 0 Å². The summed E-state index contributed by atoms with van der Waals surface area (Å²) in [5, 5.41) is 0. The minimum absolute atomic E-state index is 0.201. The molecule has 0 aliphatic rings. The van der Waals surface area contributed by atoms with Gasteiger partial charge in [0.15, 0.2) is 0 Å². The number of hydrogen-bond donors (Lipinski definition) is 1. The number of phosphoric ester groups is 1. The normalized spacial score (nSPS) is 13.9. The molecule has 0 aliphatic carbocycles. The molecule has 4 nitrogen and oxygen atoms in total. The van der Waals surface area contributed by atoms with E-state index in [4.69, 9.17) is 4.52 Å². The molecule has 25 heavy (non-hydrogen) atoms. The van der Waals surface area contributed by atoms with Gasteiger partial charge >= 0.3 is 7.82 Å². The lowest BCUT2D eigenvalue weighted by Gasteiger charge is -2.10.